The van der Waals surface area contributed by atoms with Crippen molar-refractivity contribution in [2.24, 2.45) is 5.10 Å². The van der Waals surface area contributed by atoms with Crippen LogP contribution in [-0.4, -0.2) is 55.5 Å². The van der Waals surface area contributed by atoms with Crippen LogP contribution >= 0.6 is 0 Å². The number of nitrogens with one attached hydrogen (secondary N) is 1. The Morgan fingerprint density at radius 3 is 2.14 bits per heavy atom. The molecule has 0 bridgehead atoms. The lowest BCUT2D eigenvalue weighted by Gasteiger charge is -2.25. The Morgan fingerprint density at radius 2 is 1.50 bits per heavy atom. The van der Waals surface area contributed by atoms with Gasteiger partial charge in [-0.1, -0.05) is 18.2 Å². The van der Waals surface area contributed by atoms with Crippen LogP contribution in [0.25, 0.3) is 0 Å². The molecule has 0 spiro atoms. The van der Waals surface area contributed by atoms with E-state index in [4.69, 9.17) is 18.9 Å². The van der Waals surface area contributed by atoms with Crippen LogP contribution in [0.1, 0.15) is 5.56 Å². The van der Waals surface area contributed by atoms with E-state index in [0.717, 1.165) is 4.31 Å². The van der Waals surface area contributed by atoms with E-state index in [-0.39, 0.29) is 16.3 Å². The van der Waals surface area contributed by atoms with Crippen LogP contribution in [0.5, 0.6) is 23.0 Å². The Bertz CT molecular complexity index is 1330. The predicted octanol–water partition coefficient (Wildman–Crippen LogP) is 3.07. The first-order chi connectivity index (χ1) is 17.3. The number of carbonyl (C=O) groups excluding carboxylic acids is 1. The second kappa shape index (κ2) is 11.9. The maximum atomic E-state index is 13.5. The molecule has 0 radical (unpaired) electrons. The van der Waals surface area contributed by atoms with E-state index in [1.165, 1.54) is 58.9 Å². The van der Waals surface area contributed by atoms with Gasteiger partial charge in [0.1, 0.15) is 29.5 Å². The standard InChI is InChI=1S/C25H27N3O7S/c1-32-19-11-13-23(34-3)18(14-19)16-26-27-25(29)17-28(36(30,31)21-8-6-5-7-9-21)22-12-10-20(33-2)15-24(22)35-4/h5-16H,17H2,1-4H3,(H,27,29)/b26-16-. The molecule has 0 saturated heterocycles. The number of anilines is 1. The molecule has 36 heavy (non-hydrogen) atoms. The van der Waals surface area contributed by atoms with Gasteiger partial charge in [-0.05, 0) is 42.5 Å². The van der Waals surface area contributed by atoms with Gasteiger partial charge in [0.05, 0.1) is 45.2 Å². The molecule has 0 aliphatic rings. The molecule has 0 atom stereocenters. The second-order valence-electron chi connectivity index (χ2n) is 7.26. The largest absolute Gasteiger partial charge is 0.497 e. The zero-order chi connectivity index (χ0) is 26.1. The lowest BCUT2D eigenvalue weighted by atomic mass is 10.2. The smallest absolute Gasteiger partial charge is 0.264 e. The first-order valence-corrected chi connectivity index (χ1v) is 12.1. The average molecular weight is 514 g/mol. The predicted molar refractivity (Wildman–Crippen MR) is 136 cm³/mol. The Morgan fingerprint density at radius 1 is 0.861 bits per heavy atom. The van der Waals surface area contributed by atoms with Crippen LogP contribution in [0.4, 0.5) is 5.69 Å². The van der Waals surface area contributed by atoms with Crippen molar-refractivity contribution in [3.63, 3.8) is 0 Å². The van der Waals surface area contributed by atoms with Crippen molar-refractivity contribution < 1.29 is 32.2 Å². The van der Waals surface area contributed by atoms with Crippen molar-refractivity contribution in [2.75, 3.05) is 39.3 Å². The van der Waals surface area contributed by atoms with Crippen molar-refractivity contribution in [3.8, 4) is 23.0 Å². The van der Waals surface area contributed by atoms with Gasteiger partial charge in [0.25, 0.3) is 15.9 Å². The second-order valence-corrected chi connectivity index (χ2v) is 9.13. The summed E-state index contributed by atoms with van der Waals surface area (Å²) in [5.41, 5.74) is 3.09. The molecular formula is C25H27N3O7S. The molecule has 190 valence electrons. The zero-order valence-electron chi connectivity index (χ0n) is 20.3. The third-order valence-corrected chi connectivity index (χ3v) is 6.88. The van der Waals surface area contributed by atoms with Crippen LogP contribution in [0.15, 0.2) is 76.7 Å². The van der Waals surface area contributed by atoms with Crippen LogP contribution < -0.4 is 28.7 Å². The highest BCUT2D eigenvalue weighted by molar-refractivity contribution is 7.92. The van der Waals surface area contributed by atoms with Gasteiger partial charge < -0.3 is 18.9 Å². The summed E-state index contributed by atoms with van der Waals surface area (Å²) in [6.45, 7) is -0.563. The quantitative estimate of drug-likeness (QED) is 0.309. The Balaban J connectivity index is 1.91. The first-order valence-electron chi connectivity index (χ1n) is 10.7. The van der Waals surface area contributed by atoms with Gasteiger partial charge in [-0.25, -0.2) is 13.8 Å². The lowest BCUT2D eigenvalue weighted by molar-refractivity contribution is -0.119. The molecule has 0 fully saturated rings. The van der Waals surface area contributed by atoms with E-state index < -0.39 is 22.5 Å². The molecule has 3 aromatic carbocycles. The van der Waals surface area contributed by atoms with Gasteiger partial charge in [-0.3, -0.25) is 9.10 Å². The topological polar surface area (TPSA) is 116 Å². The van der Waals surface area contributed by atoms with E-state index in [9.17, 15) is 13.2 Å². The number of ether oxygens (including phenoxy) is 4. The first kappa shape index (κ1) is 26.4. The summed E-state index contributed by atoms with van der Waals surface area (Å²) < 4.78 is 49.1. The van der Waals surface area contributed by atoms with Crippen molar-refractivity contribution in [3.05, 3.63) is 72.3 Å². The van der Waals surface area contributed by atoms with Crippen molar-refractivity contribution in [1.29, 1.82) is 0 Å². The summed E-state index contributed by atoms with van der Waals surface area (Å²) in [4.78, 5) is 12.9. The van der Waals surface area contributed by atoms with E-state index >= 15 is 0 Å². The third kappa shape index (κ3) is 6.05. The minimum atomic E-state index is -4.13. The maximum absolute atomic E-state index is 13.5. The number of hydrazone groups is 1. The fourth-order valence-electron chi connectivity index (χ4n) is 3.29. The van der Waals surface area contributed by atoms with Crippen LogP contribution in [-0.2, 0) is 14.8 Å². The molecular weight excluding hydrogens is 486 g/mol. The molecule has 11 heteroatoms. The van der Waals surface area contributed by atoms with Gasteiger partial charge in [-0.15, -0.1) is 0 Å². The molecule has 0 aliphatic carbocycles. The summed E-state index contributed by atoms with van der Waals surface area (Å²) in [7, 11) is 1.78. The van der Waals surface area contributed by atoms with Crippen LogP contribution in [0.2, 0.25) is 0 Å². The SMILES string of the molecule is COc1ccc(OC)c(/C=N\NC(=O)CN(c2ccc(OC)cc2OC)S(=O)(=O)c2ccccc2)c1. The van der Waals surface area contributed by atoms with Crippen molar-refractivity contribution in [2.45, 2.75) is 4.90 Å². The molecule has 0 saturated carbocycles. The van der Waals surface area contributed by atoms with E-state index in [1.807, 2.05) is 0 Å². The molecule has 1 amide bonds. The molecule has 0 aliphatic heterocycles. The third-order valence-electron chi connectivity index (χ3n) is 5.10. The van der Waals surface area contributed by atoms with Crippen LogP contribution in [0, 0.1) is 0 Å². The molecule has 10 nitrogen and oxygen atoms in total. The monoisotopic (exact) mass is 513 g/mol. The number of benzene rings is 3. The molecule has 3 aromatic rings. The van der Waals surface area contributed by atoms with Gasteiger partial charge in [0.2, 0.25) is 0 Å². The summed E-state index contributed by atoms with van der Waals surface area (Å²) in [5.74, 6) is 1.10. The fraction of sp³-hybridized carbons (Fsp3) is 0.200. The summed E-state index contributed by atoms with van der Waals surface area (Å²) in [6.07, 6.45) is 1.38. The van der Waals surface area contributed by atoms with Gasteiger partial charge in [0.15, 0.2) is 0 Å². The highest BCUT2D eigenvalue weighted by Gasteiger charge is 2.29. The van der Waals surface area contributed by atoms with Crippen molar-refractivity contribution in [1.82, 2.24) is 5.43 Å². The van der Waals surface area contributed by atoms with Gasteiger partial charge in [0, 0.05) is 11.6 Å². The van der Waals surface area contributed by atoms with Crippen molar-refractivity contribution >= 4 is 27.8 Å². The van der Waals surface area contributed by atoms with Gasteiger partial charge in [-0.2, -0.15) is 5.10 Å². The Hall–Kier alpha value is -4.25. The number of rotatable bonds is 11. The van der Waals surface area contributed by atoms with Crippen LogP contribution in [0.3, 0.4) is 0 Å². The molecule has 1 N–H and O–H groups in total. The normalized spacial score (nSPS) is 11.1. The van der Waals surface area contributed by atoms with E-state index in [2.05, 4.69) is 10.5 Å². The lowest BCUT2D eigenvalue weighted by Crippen LogP contribution is -2.39. The summed E-state index contributed by atoms with van der Waals surface area (Å²) in [6, 6.07) is 17.5. The number of hydrogen-bond donors (Lipinski definition) is 1. The number of methoxy groups -OCH3 is 4. The minimum Gasteiger partial charge on any atom is -0.497 e. The Labute approximate surface area is 210 Å². The molecule has 0 aromatic heterocycles. The number of nitrogens with zero attached hydrogens (tertiary/aromatic N) is 2. The summed E-state index contributed by atoms with van der Waals surface area (Å²) >= 11 is 0. The Kier molecular flexibility index (Phi) is 8.74. The maximum Gasteiger partial charge on any atom is 0.264 e. The highest BCUT2D eigenvalue weighted by atomic mass is 32.2. The van der Waals surface area contributed by atoms with Gasteiger partial charge >= 0.3 is 0 Å². The number of sulfonamides is 1. The minimum absolute atomic E-state index is 0.0142. The molecule has 3 rings (SSSR count). The highest BCUT2D eigenvalue weighted by Crippen LogP contribution is 2.35. The molecule has 0 unspecified atom stereocenters. The fourth-order valence-corrected chi connectivity index (χ4v) is 4.74. The zero-order valence-corrected chi connectivity index (χ0v) is 21.1. The average Bonchev–Trinajstić information content (AvgIpc) is 2.91. The summed E-state index contributed by atoms with van der Waals surface area (Å²) in [5, 5.41) is 3.96. The van der Waals surface area contributed by atoms with E-state index in [1.54, 1.807) is 42.5 Å². The molecule has 0 heterocycles. The number of carbonyl (C=O) groups is 1. The number of hydrogen-bond acceptors (Lipinski definition) is 8. The number of amides is 1. The van der Waals surface area contributed by atoms with E-state index in [0.29, 0.717) is 22.8 Å².